The molecule has 3 nitrogen and oxygen atoms in total. The molecule has 0 atom stereocenters. The Morgan fingerprint density at radius 1 is 1.32 bits per heavy atom. The molecule has 1 saturated heterocycles. The van der Waals surface area contributed by atoms with Gasteiger partial charge in [-0.25, -0.2) is 0 Å². The maximum Gasteiger partial charge on any atom is 0.250 e. The topological polar surface area (TPSA) is 29.5 Å². The molecular formula is C16H21NO2. The van der Waals surface area contributed by atoms with Gasteiger partial charge in [0, 0.05) is 24.9 Å². The van der Waals surface area contributed by atoms with Gasteiger partial charge in [-0.1, -0.05) is 12.6 Å². The summed E-state index contributed by atoms with van der Waals surface area (Å²) in [4.78, 5) is 14.0. The predicted octanol–water partition coefficient (Wildman–Crippen LogP) is 3.00. The number of benzene rings is 1. The van der Waals surface area contributed by atoms with Crippen LogP contribution in [-0.2, 0) is 9.53 Å². The molecule has 2 rings (SSSR count). The summed E-state index contributed by atoms with van der Waals surface area (Å²) in [6.45, 7) is 9.20. The van der Waals surface area contributed by atoms with Gasteiger partial charge in [0.15, 0.2) is 0 Å². The predicted molar refractivity (Wildman–Crippen MR) is 77.4 cm³/mol. The minimum Gasteiger partial charge on any atom is -0.381 e. The molecule has 0 bridgehead atoms. The van der Waals surface area contributed by atoms with E-state index >= 15 is 0 Å². The second-order valence-electron chi connectivity index (χ2n) is 5.02. The second-order valence-corrected chi connectivity index (χ2v) is 5.02. The number of anilines is 1. The number of hydrogen-bond donors (Lipinski definition) is 0. The maximum absolute atomic E-state index is 12.2. The molecule has 1 fully saturated rings. The smallest absolute Gasteiger partial charge is 0.250 e. The summed E-state index contributed by atoms with van der Waals surface area (Å²) in [6.07, 6.45) is 3.16. The van der Waals surface area contributed by atoms with Gasteiger partial charge in [0.25, 0.3) is 5.91 Å². The zero-order valence-electron chi connectivity index (χ0n) is 11.7. The Morgan fingerprint density at radius 2 is 2.00 bits per heavy atom. The number of carbonyl (C=O) groups is 1. The summed E-state index contributed by atoms with van der Waals surface area (Å²) >= 11 is 0. The molecule has 1 aromatic carbocycles. The minimum absolute atomic E-state index is 0.0323. The van der Waals surface area contributed by atoms with Gasteiger partial charge in [-0.3, -0.25) is 4.79 Å². The lowest BCUT2D eigenvalue weighted by molar-refractivity contribution is -0.115. The van der Waals surface area contributed by atoms with E-state index in [-0.39, 0.29) is 11.9 Å². The van der Waals surface area contributed by atoms with E-state index in [0.717, 1.165) is 31.7 Å². The van der Waals surface area contributed by atoms with Gasteiger partial charge in [-0.2, -0.15) is 0 Å². The number of nitrogens with zero attached hydrogens (tertiary/aromatic N) is 1. The van der Waals surface area contributed by atoms with Gasteiger partial charge in [0.2, 0.25) is 0 Å². The normalized spacial score (nSPS) is 16.1. The molecule has 1 aromatic rings. The molecule has 3 heteroatoms. The van der Waals surface area contributed by atoms with Crippen LogP contribution in [0.1, 0.15) is 24.0 Å². The third-order valence-electron chi connectivity index (χ3n) is 3.74. The molecule has 1 aliphatic rings. The molecule has 19 heavy (non-hydrogen) atoms. The molecule has 102 valence electrons. The van der Waals surface area contributed by atoms with Crippen LogP contribution in [0.4, 0.5) is 5.69 Å². The van der Waals surface area contributed by atoms with Crippen LogP contribution in [-0.4, -0.2) is 25.2 Å². The highest BCUT2D eigenvalue weighted by atomic mass is 16.5. The Kier molecular flexibility index (Phi) is 4.38. The number of hydrogen-bond acceptors (Lipinski definition) is 2. The van der Waals surface area contributed by atoms with E-state index in [9.17, 15) is 4.79 Å². The van der Waals surface area contributed by atoms with E-state index in [1.54, 1.807) is 0 Å². The van der Waals surface area contributed by atoms with Crippen molar-refractivity contribution in [3.05, 3.63) is 42.0 Å². The quantitative estimate of drug-likeness (QED) is 0.781. The first-order valence-corrected chi connectivity index (χ1v) is 6.74. The molecule has 0 aromatic heterocycles. The number of rotatable bonds is 3. The lowest BCUT2D eigenvalue weighted by Crippen LogP contribution is -2.43. The first kappa shape index (κ1) is 13.8. The van der Waals surface area contributed by atoms with Crippen LogP contribution in [0.25, 0.3) is 0 Å². The van der Waals surface area contributed by atoms with E-state index < -0.39 is 0 Å². The Balaban J connectivity index is 2.33. The van der Waals surface area contributed by atoms with Gasteiger partial charge >= 0.3 is 0 Å². The van der Waals surface area contributed by atoms with Crippen LogP contribution in [0.3, 0.4) is 0 Å². The Bertz CT molecular complexity index is 476. The van der Waals surface area contributed by atoms with Crippen molar-refractivity contribution in [2.75, 3.05) is 18.1 Å². The lowest BCUT2D eigenvalue weighted by Gasteiger charge is -2.34. The SMILES string of the molecule is C=CC(=O)N(c1ccc(C)c(C)c1)C1CCOCC1. The molecule has 1 aliphatic heterocycles. The zero-order valence-corrected chi connectivity index (χ0v) is 11.7. The summed E-state index contributed by atoms with van der Waals surface area (Å²) in [5.41, 5.74) is 3.40. The van der Waals surface area contributed by atoms with Crippen LogP contribution in [0, 0.1) is 13.8 Å². The van der Waals surface area contributed by atoms with Gasteiger partial charge < -0.3 is 9.64 Å². The molecule has 0 spiro atoms. The van der Waals surface area contributed by atoms with Crippen LogP contribution in [0.2, 0.25) is 0 Å². The maximum atomic E-state index is 12.2. The first-order chi connectivity index (χ1) is 9.13. The van der Waals surface area contributed by atoms with E-state index in [0.29, 0.717) is 0 Å². The minimum atomic E-state index is -0.0323. The van der Waals surface area contributed by atoms with Crippen molar-refractivity contribution in [3.63, 3.8) is 0 Å². The van der Waals surface area contributed by atoms with Gasteiger partial charge in [0.1, 0.15) is 0 Å². The first-order valence-electron chi connectivity index (χ1n) is 6.74. The van der Waals surface area contributed by atoms with Crippen molar-refractivity contribution >= 4 is 11.6 Å². The molecule has 0 radical (unpaired) electrons. The summed E-state index contributed by atoms with van der Waals surface area (Å²) < 4.78 is 5.38. The summed E-state index contributed by atoms with van der Waals surface area (Å²) in [5.74, 6) is -0.0323. The summed E-state index contributed by atoms with van der Waals surface area (Å²) in [6, 6.07) is 6.36. The number of carbonyl (C=O) groups excluding carboxylic acids is 1. The second kappa shape index (κ2) is 6.02. The van der Waals surface area contributed by atoms with E-state index in [1.807, 2.05) is 11.0 Å². The fourth-order valence-electron chi connectivity index (χ4n) is 2.44. The van der Waals surface area contributed by atoms with Crippen LogP contribution < -0.4 is 4.90 Å². The molecule has 0 N–H and O–H groups in total. The molecule has 0 saturated carbocycles. The highest BCUT2D eigenvalue weighted by Crippen LogP contribution is 2.25. The van der Waals surface area contributed by atoms with Crippen molar-refractivity contribution in [1.82, 2.24) is 0 Å². The lowest BCUT2D eigenvalue weighted by atomic mass is 10.0. The molecule has 1 amide bonds. The Labute approximate surface area is 114 Å². The highest BCUT2D eigenvalue weighted by Gasteiger charge is 2.25. The average molecular weight is 259 g/mol. The van der Waals surface area contributed by atoms with Crippen molar-refractivity contribution in [3.8, 4) is 0 Å². The van der Waals surface area contributed by atoms with Crippen LogP contribution >= 0.6 is 0 Å². The van der Waals surface area contributed by atoms with Crippen molar-refractivity contribution in [2.45, 2.75) is 32.7 Å². The van der Waals surface area contributed by atoms with Crippen LogP contribution in [0.5, 0.6) is 0 Å². The average Bonchev–Trinajstić information content (AvgIpc) is 2.44. The van der Waals surface area contributed by atoms with Gasteiger partial charge in [-0.15, -0.1) is 0 Å². The molecule has 1 heterocycles. The Morgan fingerprint density at radius 3 is 2.58 bits per heavy atom. The third kappa shape index (κ3) is 3.04. The molecular weight excluding hydrogens is 238 g/mol. The standard InChI is InChI=1S/C16H21NO2/c1-4-16(18)17(14-7-9-19-10-8-14)15-6-5-12(2)13(3)11-15/h4-6,11,14H,1,7-10H2,2-3H3. The fourth-order valence-corrected chi connectivity index (χ4v) is 2.44. The van der Waals surface area contributed by atoms with Gasteiger partial charge in [-0.05, 0) is 56.0 Å². The van der Waals surface area contributed by atoms with Crippen molar-refractivity contribution < 1.29 is 9.53 Å². The van der Waals surface area contributed by atoms with E-state index in [1.165, 1.54) is 17.2 Å². The van der Waals surface area contributed by atoms with E-state index in [4.69, 9.17) is 4.74 Å². The van der Waals surface area contributed by atoms with E-state index in [2.05, 4.69) is 32.6 Å². The number of amides is 1. The molecule has 0 aliphatic carbocycles. The fraction of sp³-hybridized carbons (Fsp3) is 0.438. The number of aryl methyl sites for hydroxylation is 2. The van der Waals surface area contributed by atoms with Gasteiger partial charge in [0.05, 0.1) is 0 Å². The summed E-state index contributed by atoms with van der Waals surface area (Å²) in [7, 11) is 0. The Hall–Kier alpha value is -1.61. The monoisotopic (exact) mass is 259 g/mol. The zero-order chi connectivity index (χ0) is 13.8. The largest absolute Gasteiger partial charge is 0.381 e. The highest BCUT2D eigenvalue weighted by molar-refractivity contribution is 6.01. The van der Waals surface area contributed by atoms with Crippen molar-refractivity contribution in [1.29, 1.82) is 0 Å². The number of ether oxygens (including phenoxy) is 1. The van der Waals surface area contributed by atoms with Crippen LogP contribution in [0.15, 0.2) is 30.9 Å². The third-order valence-corrected chi connectivity index (χ3v) is 3.74. The summed E-state index contributed by atoms with van der Waals surface area (Å²) in [5, 5.41) is 0. The molecule has 0 unspecified atom stereocenters. The van der Waals surface area contributed by atoms with Crippen molar-refractivity contribution in [2.24, 2.45) is 0 Å².